The summed E-state index contributed by atoms with van der Waals surface area (Å²) >= 11 is 0. The Bertz CT molecular complexity index is 846. The molecule has 0 unspecified atom stereocenters. The van der Waals surface area contributed by atoms with Gasteiger partial charge in [-0.1, -0.05) is 24.3 Å². The van der Waals surface area contributed by atoms with Crippen molar-refractivity contribution in [1.29, 1.82) is 0 Å². The van der Waals surface area contributed by atoms with Gasteiger partial charge in [0.05, 0.1) is 6.57 Å². The summed E-state index contributed by atoms with van der Waals surface area (Å²) in [6, 6.07) is 10.7. The van der Waals surface area contributed by atoms with Crippen LogP contribution in [0.4, 0.5) is 5.69 Å². The van der Waals surface area contributed by atoms with Gasteiger partial charge in [0.15, 0.2) is 5.76 Å². The van der Waals surface area contributed by atoms with Crippen molar-refractivity contribution in [2.45, 2.75) is 0 Å². The number of hydrogen-bond acceptors (Lipinski definition) is 4. The van der Waals surface area contributed by atoms with E-state index in [0.29, 0.717) is 0 Å². The largest absolute Gasteiger partial charge is 0.519 e. The lowest BCUT2D eigenvalue weighted by Crippen LogP contribution is -2.18. The molecular weight excluding hydrogens is 308 g/mol. The molecule has 0 saturated heterocycles. The topological polar surface area (TPSA) is 94.2 Å². The summed E-state index contributed by atoms with van der Waals surface area (Å²) in [6.07, 6.45) is 4.04. The highest BCUT2D eigenvalue weighted by molar-refractivity contribution is 5.97. The number of carbonyl (C=O) groups excluding carboxylic acids is 1. The average molecular weight is 322 g/mol. The summed E-state index contributed by atoms with van der Waals surface area (Å²) in [5.74, 6) is -1.44. The summed E-state index contributed by atoms with van der Waals surface area (Å²) in [6.45, 7) is 7.02. The summed E-state index contributed by atoms with van der Waals surface area (Å²) in [5.41, 5.74) is 0.941. The van der Waals surface area contributed by atoms with Crippen molar-refractivity contribution in [3.05, 3.63) is 77.0 Å². The smallest absolute Gasteiger partial charge is 0.289 e. The van der Waals surface area contributed by atoms with E-state index in [4.69, 9.17) is 6.57 Å². The fourth-order valence-corrected chi connectivity index (χ4v) is 1.87. The van der Waals surface area contributed by atoms with Crippen molar-refractivity contribution in [3.8, 4) is 11.5 Å². The molecule has 120 valence electrons. The van der Waals surface area contributed by atoms with Gasteiger partial charge in [-0.2, -0.15) is 0 Å². The van der Waals surface area contributed by atoms with Crippen molar-refractivity contribution in [1.82, 2.24) is 5.32 Å². The Hall–Kier alpha value is -3.72. The first kappa shape index (κ1) is 16.6. The summed E-state index contributed by atoms with van der Waals surface area (Å²) < 4.78 is 0. The molecule has 0 aliphatic carbocycles. The highest BCUT2D eigenvalue weighted by Gasteiger charge is 2.10. The molecule has 6 heteroatoms. The fourth-order valence-electron chi connectivity index (χ4n) is 1.87. The van der Waals surface area contributed by atoms with E-state index < -0.39 is 11.7 Å². The third-order valence-electron chi connectivity index (χ3n) is 3.07. The summed E-state index contributed by atoms with van der Waals surface area (Å²) in [4.78, 5) is 15.0. The molecule has 0 radical (unpaired) electrons. The molecule has 0 aromatic heterocycles. The second kappa shape index (κ2) is 7.51. The molecule has 0 aliphatic rings. The zero-order valence-corrected chi connectivity index (χ0v) is 12.5. The number of carbonyl (C=O) groups is 1. The number of aliphatic hydroxyl groups is 1. The van der Waals surface area contributed by atoms with Gasteiger partial charge in [0, 0.05) is 6.20 Å². The van der Waals surface area contributed by atoms with Crippen LogP contribution >= 0.6 is 0 Å². The SMILES string of the molecule is [C-]#[N+]c1c(O)cccc1/C=C(\O)C(=O)N/C=C/c1ccc(O)cc1. The van der Waals surface area contributed by atoms with Crippen LogP contribution in [0, 0.1) is 6.57 Å². The molecule has 2 aromatic rings. The van der Waals surface area contributed by atoms with Crippen molar-refractivity contribution in [3.63, 3.8) is 0 Å². The Labute approximate surface area is 138 Å². The Morgan fingerprint density at radius 2 is 1.83 bits per heavy atom. The molecule has 24 heavy (non-hydrogen) atoms. The number of hydrogen-bond donors (Lipinski definition) is 4. The first-order valence-corrected chi connectivity index (χ1v) is 6.88. The number of rotatable bonds is 4. The van der Waals surface area contributed by atoms with Crippen LogP contribution in [-0.4, -0.2) is 21.2 Å². The standard InChI is InChI=1S/C18H14N2O4/c1-19-17-13(3-2-4-15(17)22)11-16(23)18(24)20-10-9-12-5-7-14(21)8-6-12/h2-11,21-23H,(H,20,24)/b10-9+,16-11-. The first-order chi connectivity index (χ1) is 11.5. The van der Waals surface area contributed by atoms with E-state index in [-0.39, 0.29) is 22.7 Å². The van der Waals surface area contributed by atoms with E-state index in [1.165, 1.54) is 36.5 Å². The minimum atomic E-state index is -0.760. The molecule has 0 spiro atoms. The molecular formula is C18H14N2O4. The van der Waals surface area contributed by atoms with Crippen LogP contribution < -0.4 is 5.32 Å². The van der Waals surface area contributed by atoms with Crippen LogP contribution in [-0.2, 0) is 4.79 Å². The van der Waals surface area contributed by atoms with E-state index in [1.54, 1.807) is 18.2 Å². The monoisotopic (exact) mass is 322 g/mol. The van der Waals surface area contributed by atoms with Crippen LogP contribution in [0.1, 0.15) is 11.1 Å². The maximum absolute atomic E-state index is 11.8. The predicted octanol–water partition coefficient (Wildman–Crippen LogP) is 3.33. The zero-order valence-electron chi connectivity index (χ0n) is 12.5. The average Bonchev–Trinajstić information content (AvgIpc) is 2.56. The third-order valence-corrected chi connectivity index (χ3v) is 3.07. The lowest BCUT2D eigenvalue weighted by Gasteiger charge is -2.03. The highest BCUT2D eigenvalue weighted by atomic mass is 16.3. The van der Waals surface area contributed by atoms with E-state index >= 15 is 0 Å². The normalized spacial score (nSPS) is 11.2. The maximum Gasteiger partial charge on any atom is 0.289 e. The van der Waals surface area contributed by atoms with Crippen molar-refractivity contribution in [2.24, 2.45) is 0 Å². The van der Waals surface area contributed by atoms with Gasteiger partial charge in [-0.3, -0.25) is 4.79 Å². The Morgan fingerprint density at radius 1 is 1.12 bits per heavy atom. The molecule has 2 rings (SSSR count). The number of amides is 1. The first-order valence-electron chi connectivity index (χ1n) is 6.88. The van der Waals surface area contributed by atoms with Gasteiger partial charge in [-0.25, -0.2) is 4.85 Å². The number of para-hydroxylation sites is 1. The molecule has 0 bridgehead atoms. The number of phenols is 2. The van der Waals surface area contributed by atoms with Gasteiger partial charge in [0.25, 0.3) is 5.91 Å². The van der Waals surface area contributed by atoms with Gasteiger partial charge in [-0.15, -0.1) is 0 Å². The van der Waals surface area contributed by atoms with E-state index in [1.807, 2.05) is 0 Å². The quantitative estimate of drug-likeness (QED) is 0.394. The Balaban J connectivity index is 2.08. The van der Waals surface area contributed by atoms with Crippen molar-refractivity contribution < 1.29 is 20.1 Å². The van der Waals surface area contributed by atoms with Crippen LogP contribution in [0.2, 0.25) is 0 Å². The van der Waals surface area contributed by atoms with Gasteiger partial charge >= 0.3 is 0 Å². The molecule has 0 atom stereocenters. The highest BCUT2D eigenvalue weighted by Crippen LogP contribution is 2.31. The predicted molar refractivity (Wildman–Crippen MR) is 90.3 cm³/mol. The lowest BCUT2D eigenvalue weighted by atomic mass is 10.1. The molecule has 0 heterocycles. The molecule has 0 aliphatic heterocycles. The minimum absolute atomic E-state index is 0.0449. The van der Waals surface area contributed by atoms with Gasteiger partial charge in [-0.05, 0) is 41.5 Å². The molecule has 2 aromatic carbocycles. The van der Waals surface area contributed by atoms with Crippen LogP contribution in [0.25, 0.3) is 17.0 Å². The van der Waals surface area contributed by atoms with Crippen molar-refractivity contribution >= 4 is 23.7 Å². The number of aliphatic hydroxyl groups excluding tert-OH is 1. The van der Waals surface area contributed by atoms with Crippen LogP contribution in [0.5, 0.6) is 11.5 Å². The molecule has 0 saturated carbocycles. The molecule has 4 N–H and O–H groups in total. The second-order valence-corrected chi connectivity index (χ2v) is 4.75. The van der Waals surface area contributed by atoms with Crippen LogP contribution in [0.3, 0.4) is 0 Å². The number of phenolic OH excluding ortho intramolecular Hbond substituents is 2. The van der Waals surface area contributed by atoms with Gasteiger partial charge in [0.1, 0.15) is 11.5 Å². The maximum atomic E-state index is 11.8. The Morgan fingerprint density at radius 3 is 2.50 bits per heavy atom. The zero-order chi connectivity index (χ0) is 17.5. The number of benzene rings is 2. The van der Waals surface area contributed by atoms with Crippen LogP contribution in [0.15, 0.2) is 54.4 Å². The van der Waals surface area contributed by atoms with Gasteiger partial charge in [0.2, 0.25) is 5.69 Å². The second-order valence-electron chi connectivity index (χ2n) is 4.75. The number of nitrogens with zero attached hydrogens (tertiary/aromatic N) is 1. The molecule has 1 amide bonds. The van der Waals surface area contributed by atoms with E-state index in [0.717, 1.165) is 11.6 Å². The lowest BCUT2D eigenvalue weighted by molar-refractivity contribution is -0.118. The minimum Gasteiger partial charge on any atom is -0.519 e. The van der Waals surface area contributed by atoms with E-state index in [9.17, 15) is 20.1 Å². The Kier molecular flexibility index (Phi) is 5.21. The third kappa shape index (κ3) is 4.15. The summed E-state index contributed by atoms with van der Waals surface area (Å²) in [7, 11) is 0. The van der Waals surface area contributed by atoms with Crippen molar-refractivity contribution in [2.75, 3.05) is 0 Å². The molecule has 6 nitrogen and oxygen atoms in total. The fraction of sp³-hybridized carbons (Fsp3) is 0. The summed E-state index contributed by atoms with van der Waals surface area (Å²) in [5, 5.41) is 30.9. The molecule has 0 fully saturated rings. The number of nitrogens with one attached hydrogen (secondary N) is 1. The van der Waals surface area contributed by atoms with E-state index in [2.05, 4.69) is 10.2 Å². The number of aromatic hydroxyl groups is 2. The van der Waals surface area contributed by atoms with Gasteiger partial charge < -0.3 is 20.6 Å².